The van der Waals surface area contributed by atoms with Crippen molar-refractivity contribution in [2.45, 2.75) is 39.2 Å². The van der Waals surface area contributed by atoms with Gasteiger partial charge in [0.15, 0.2) is 0 Å². The molecule has 0 aromatic heterocycles. The largest absolute Gasteiger partial charge is 0.489 e. The van der Waals surface area contributed by atoms with Crippen LogP contribution in [0.4, 0.5) is 0 Å². The van der Waals surface area contributed by atoms with E-state index in [1.807, 2.05) is 18.2 Å². The molecule has 0 saturated heterocycles. The van der Waals surface area contributed by atoms with Gasteiger partial charge >= 0.3 is 0 Å². The summed E-state index contributed by atoms with van der Waals surface area (Å²) < 4.78 is 6.02. The summed E-state index contributed by atoms with van der Waals surface area (Å²) in [4.78, 5) is 0. The molecule has 2 heteroatoms. The summed E-state index contributed by atoms with van der Waals surface area (Å²) >= 11 is 6.37. The van der Waals surface area contributed by atoms with E-state index in [9.17, 15) is 0 Å². The van der Waals surface area contributed by atoms with E-state index in [4.69, 9.17) is 16.3 Å². The van der Waals surface area contributed by atoms with Crippen LogP contribution >= 0.6 is 11.6 Å². The Bertz CT molecular complexity index is 646. The molecule has 0 N–H and O–H groups in total. The molecule has 1 heterocycles. The van der Waals surface area contributed by atoms with Gasteiger partial charge in [-0.2, -0.15) is 0 Å². The van der Waals surface area contributed by atoms with E-state index in [0.29, 0.717) is 5.92 Å². The lowest BCUT2D eigenvalue weighted by molar-refractivity contribution is 0.255. The third kappa shape index (κ3) is 2.31. The van der Waals surface area contributed by atoms with E-state index in [1.165, 1.54) is 11.1 Å². The zero-order chi connectivity index (χ0) is 14.3. The van der Waals surface area contributed by atoms with Gasteiger partial charge in [-0.1, -0.05) is 49.7 Å². The van der Waals surface area contributed by atoms with Crippen molar-refractivity contribution in [3.63, 3.8) is 0 Å². The third-order valence-electron chi connectivity index (χ3n) is 3.85. The molecular formula is C18H19ClO. The van der Waals surface area contributed by atoms with E-state index < -0.39 is 0 Å². The lowest BCUT2D eigenvalue weighted by Crippen LogP contribution is -2.05. The lowest BCUT2D eigenvalue weighted by Gasteiger charge is -2.15. The standard InChI is InChI=1S/C18H19ClO/c1-11(2)13-9-14-8-12(3)20-18(14)16(10-13)15-6-4-5-7-17(15)19/h4-7,9-12H,8H2,1-3H3. The second kappa shape index (κ2) is 5.14. The van der Waals surface area contributed by atoms with Crippen LogP contribution in [0, 0.1) is 0 Å². The molecule has 1 aliphatic heterocycles. The molecule has 20 heavy (non-hydrogen) atoms. The highest BCUT2D eigenvalue weighted by Gasteiger charge is 2.25. The summed E-state index contributed by atoms with van der Waals surface area (Å²) in [5, 5.41) is 0.777. The van der Waals surface area contributed by atoms with Gasteiger partial charge in [0.1, 0.15) is 11.9 Å². The predicted molar refractivity (Wildman–Crippen MR) is 84.8 cm³/mol. The van der Waals surface area contributed by atoms with Crippen molar-refractivity contribution < 1.29 is 4.74 Å². The second-order valence-electron chi connectivity index (χ2n) is 5.82. The zero-order valence-electron chi connectivity index (χ0n) is 12.1. The highest BCUT2D eigenvalue weighted by atomic mass is 35.5. The molecule has 0 saturated carbocycles. The molecule has 0 bridgehead atoms. The first kappa shape index (κ1) is 13.5. The Morgan fingerprint density at radius 1 is 1.15 bits per heavy atom. The maximum atomic E-state index is 6.37. The number of benzene rings is 2. The van der Waals surface area contributed by atoms with Gasteiger partial charge < -0.3 is 4.74 Å². The summed E-state index contributed by atoms with van der Waals surface area (Å²) in [6.07, 6.45) is 1.22. The Morgan fingerprint density at radius 2 is 1.90 bits per heavy atom. The van der Waals surface area contributed by atoms with Crippen molar-refractivity contribution in [3.05, 3.63) is 52.5 Å². The van der Waals surface area contributed by atoms with Crippen molar-refractivity contribution >= 4 is 11.6 Å². The Hall–Kier alpha value is -1.47. The van der Waals surface area contributed by atoms with Gasteiger partial charge in [0.2, 0.25) is 0 Å². The Balaban J connectivity index is 2.22. The number of hydrogen-bond donors (Lipinski definition) is 0. The van der Waals surface area contributed by atoms with Crippen molar-refractivity contribution in [2.75, 3.05) is 0 Å². The zero-order valence-corrected chi connectivity index (χ0v) is 12.9. The fourth-order valence-corrected chi connectivity index (χ4v) is 3.01. The van der Waals surface area contributed by atoms with Gasteiger partial charge in [0, 0.05) is 22.6 Å². The van der Waals surface area contributed by atoms with E-state index in [2.05, 4.69) is 39.0 Å². The first-order valence-electron chi connectivity index (χ1n) is 7.14. The van der Waals surface area contributed by atoms with E-state index in [1.54, 1.807) is 0 Å². The maximum Gasteiger partial charge on any atom is 0.130 e. The third-order valence-corrected chi connectivity index (χ3v) is 4.17. The fraction of sp³-hybridized carbons (Fsp3) is 0.333. The van der Waals surface area contributed by atoms with E-state index in [0.717, 1.165) is 28.3 Å². The lowest BCUT2D eigenvalue weighted by atomic mass is 9.93. The van der Waals surface area contributed by atoms with E-state index >= 15 is 0 Å². The SMILES string of the molecule is CC1Cc2cc(C(C)C)cc(-c3ccccc3Cl)c2O1. The highest BCUT2D eigenvalue weighted by Crippen LogP contribution is 2.43. The first-order valence-corrected chi connectivity index (χ1v) is 7.52. The predicted octanol–water partition coefficient (Wildman–Crippen LogP) is 5.45. The van der Waals surface area contributed by atoms with Crippen LogP contribution in [0.3, 0.4) is 0 Å². The van der Waals surface area contributed by atoms with Crippen LogP contribution in [-0.2, 0) is 6.42 Å². The second-order valence-corrected chi connectivity index (χ2v) is 6.23. The quantitative estimate of drug-likeness (QED) is 0.713. The van der Waals surface area contributed by atoms with Crippen LogP contribution in [0.15, 0.2) is 36.4 Å². The summed E-state index contributed by atoms with van der Waals surface area (Å²) in [6, 6.07) is 12.5. The molecule has 0 spiro atoms. The normalized spacial score (nSPS) is 17.1. The molecular weight excluding hydrogens is 268 g/mol. The topological polar surface area (TPSA) is 9.23 Å². The molecule has 104 valence electrons. The van der Waals surface area contributed by atoms with Crippen molar-refractivity contribution in [3.8, 4) is 16.9 Å². The fourth-order valence-electron chi connectivity index (χ4n) is 2.77. The van der Waals surface area contributed by atoms with Crippen LogP contribution in [0.25, 0.3) is 11.1 Å². The molecule has 3 rings (SSSR count). The van der Waals surface area contributed by atoms with Crippen LogP contribution < -0.4 is 4.74 Å². The average molecular weight is 287 g/mol. The van der Waals surface area contributed by atoms with Gasteiger partial charge in [0.25, 0.3) is 0 Å². The molecule has 1 atom stereocenters. The molecule has 2 aromatic carbocycles. The summed E-state index contributed by atoms with van der Waals surface area (Å²) in [5.74, 6) is 1.51. The van der Waals surface area contributed by atoms with Crippen LogP contribution in [0.1, 0.15) is 37.8 Å². The van der Waals surface area contributed by atoms with Gasteiger partial charge in [-0.05, 0) is 36.1 Å². The molecule has 0 aliphatic carbocycles. The number of rotatable bonds is 2. The Labute approximate surface area is 125 Å². The molecule has 1 unspecified atom stereocenters. The monoisotopic (exact) mass is 286 g/mol. The average Bonchev–Trinajstić information content (AvgIpc) is 2.78. The van der Waals surface area contributed by atoms with Crippen molar-refractivity contribution in [2.24, 2.45) is 0 Å². The molecule has 0 amide bonds. The number of fused-ring (bicyclic) bond motifs is 1. The summed E-state index contributed by atoms with van der Waals surface area (Å²) in [6.45, 7) is 6.56. The van der Waals surface area contributed by atoms with Crippen LogP contribution in [0.2, 0.25) is 5.02 Å². The van der Waals surface area contributed by atoms with Gasteiger partial charge in [-0.3, -0.25) is 0 Å². The molecule has 1 nitrogen and oxygen atoms in total. The minimum absolute atomic E-state index is 0.244. The smallest absolute Gasteiger partial charge is 0.130 e. The Morgan fingerprint density at radius 3 is 2.60 bits per heavy atom. The molecule has 0 radical (unpaired) electrons. The van der Waals surface area contributed by atoms with Gasteiger partial charge in [-0.15, -0.1) is 0 Å². The number of hydrogen-bond acceptors (Lipinski definition) is 1. The van der Waals surface area contributed by atoms with E-state index in [-0.39, 0.29) is 6.10 Å². The highest BCUT2D eigenvalue weighted by molar-refractivity contribution is 6.33. The minimum atomic E-state index is 0.244. The van der Waals surface area contributed by atoms with Crippen molar-refractivity contribution in [1.82, 2.24) is 0 Å². The van der Waals surface area contributed by atoms with Gasteiger partial charge in [0.05, 0.1) is 0 Å². The molecule has 1 aliphatic rings. The maximum absolute atomic E-state index is 6.37. The summed E-state index contributed by atoms with van der Waals surface area (Å²) in [7, 11) is 0. The number of halogens is 1. The summed E-state index contributed by atoms with van der Waals surface area (Å²) in [5.41, 5.74) is 4.83. The molecule has 0 fully saturated rings. The Kier molecular flexibility index (Phi) is 3.47. The molecule has 2 aromatic rings. The number of ether oxygens (including phenoxy) is 1. The van der Waals surface area contributed by atoms with Crippen molar-refractivity contribution in [1.29, 1.82) is 0 Å². The van der Waals surface area contributed by atoms with Crippen LogP contribution in [-0.4, -0.2) is 6.10 Å². The minimum Gasteiger partial charge on any atom is -0.489 e. The van der Waals surface area contributed by atoms with Crippen LogP contribution in [0.5, 0.6) is 5.75 Å². The first-order chi connectivity index (χ1) is 9.56. The van der Waals surface area contributed by atoms with Gasteiger partial charge in [-0.25, -0.2) is 0 Å².